The molecule has 2 unspecified atom stereocenters. The highest BCUT2D eigenvalue weighted by atomic mass is 32.2. The second-order valence-corrected chi connectivity index (χ2v) is 9.19. The number of hydrogen-bond acceptors (Lipinski definition) is 3. The maximum Gasteiger partial charge on any atom is 0.232 e. The molecule has 3 rings (SSSR count). The van der Waals surface area contributed by atoms with E-state index in [1.54, 1.807) is 0 Å². The highest BCUT2D eigenvalue weighted by Crippen LogP contribution is 2.45. The monoisotopic (exact) mass is 371 g/mol. The van der Waals surface area contributed by atoms with Gasteiger partial charge in [-0.2, -0.15) is 0 Å². The molecular formula is C21H25NOS2. The maximum atomic E-state index is 13.0. The van der Waals surface area contributed by atoms with Crippen LogP contribution in [0.15, 0.2) is 54.6 Å². The molecule has 0 saturated carbocycles. The maximum absolute atomic E-state index is 13.0. The first-order valence-electron chi connectivity index (χ1n) is 8.88. The van der Waals surface area contributed by atoms with Gasteiger partial charge in [0.2, 0.25) is 5.91 Å². The number of hydrogen-bond donors (Lipinski definition) is 1. The number of thioether (sulfide) groups is 2. The lowest BCUT2D eigenvalue weighted by molar-refractivity contribution is -0.118. The number of anilines is 1. The van der Waals surface area contributed by atoms with Gasteiger partial charge in [-0.15, -0.1) is 23.5 Å². The third-order valence-corrected chi connectivity index (χ3v) is 7.81. The Labute approximate surface area is 159 Å². The van der Waals surface area contributed by atoms with E-state index < -0.39 is 0 Å². The lowest BCUT2D eigenvalue weighted by Gasteiger charge is -2.23. The van der Waals surface area contributed by atoms with Gasteiger partial charge < -0.3 is 5.32 Å². The minimum Gasteiger partial charge on any atom is -0.326 e. The van der Waals surface area contributed by atoms with Crippen LogP contribution in [-0.4, -0.2) is 17.4 Å². The van der Waals surface area contributed by atoms with E-state index in [4.69, 9.17) is 0 Å². The Morgan fingerprint density at radius 3 is 2.52 bits per heavy atom. The molecule has 4 heteroatoms. The molecule has 0 spiro atoms. The number of amides is 1. The summed E-state index contributed by atoms with van der Waals surface area (Å²) >= 11 is 3.97. The molecule has 1 fully saturated rings. The van der Waals surface area contributed by atoms with Crippen molar-refractivity contribution in [3.8, 4) is 0 Å². The van der Waals surface area contributed by atoms with Gasteiger partial charge in [-0.3, -0.25) is 4.79 Å². The molecule has 0 radical (unpaired) electrons. The van der Waals surface area contributed by atoms with Crippen molar-refractivity contribution in [2.24, 2.45) is 5.92 Å². The number of carbonyl (C=O) groups excluding carboxylic acids is 1. The summed E-state index contributed by atoms with van der Waals surface area (Å²) in [7, 11) is 0. The average molecular weight is 372 g/mol. The number of rotatable bonds is 6. The summed E-state index contributed by atoms with van der Waals surface area (Å²) in [5.74, 6) is 2.67. The second kappa shape index (κ2) is 8.81. The SMILES string of the molecule is CCC(C)C(C(=O)Nc1cccc(C2SCCS2)c1)c1ccccc1. The molecule has 1 heterocycles. The fraction of sp³-hybridized carbons (Fsp3) is 0.381. The third-order valence-electron chi connectivity index (χ3n) is 4.70. The van der Waals surface area contributed by atoms with Gasteiger partial charge >= 0.3 is 0 Å². The van der Waals surface area contributed by atoms with E-state index in [1.165, 1.54) is 17.1 Å². The molecule has 1 amide bonds. The quantitative estimate of drug-likeness (QED) is 0.682. The van der Waals surface area contributed by atoms with Crippen LogP contribution in [0.1, 0.15) is 41.9 Å². The standard InChI is InChI=1S/C21H25NOS2/c1-3-15(2)19(16-8-5-4-6-9-16)20(23)22-18-11-7-10-17(14-18)21-24-12-13-25-21/h4-11,14-15,19,21H,3,12-13H2,1-2H3,(H,22,23). The van der Waals surface area contributed by atoms with Crippen LogP contribution in [0.2, 0.25) is 0 Å². The molecule has 2 aromatic rings. The average Bonchev–Trinajstić information content (AvgIpc) is 3.17. The van der Waals surface area contributed by atoms with Crippen LogP contribution in [-0.2, 0) is 4.79 Å². The van der Waals surface area contributed by atoms with Gasteiger partial charge in [-0.05, 0) is 29.2 Å². The van der Waals surface area contributed by atoms with Crippen LogP contribution in [0.4, 0.5) is 5.69 Å². The smallest absolute Gasteiger partial charge is 0.232 e. The zero-order valence-electron chi connectivity index (χ0n) is 14.8. The summed E-state index contributed by atoms with van der Waals surface area (Å²) < 4.78 is 0.497. The van der Waals surface area contributed by atoms with E-state index in [0.717, 1.165) is 17.7 Å². The van der Waals surface area contributed by atoms with Crippen LogP contribution in [0.25, 0.3) is 0 Å². The zero-order chi connectivity index (χ0) is 17.6. The van der Waals surface area contributed by atoms with Crippen molar-refractivity contribution in [1.82, 2.24) is 0 Å². The summed E-state index contributed by atoms with van der Waals surface area (Å²) in [6, 6.07) is 18.4. The van der Waals surface area contributed by atoms with Crippen molar-refractivity contribution in [1.29, 1.82) is 0 Å². The van der Waals surface area contributed by atoms with Crippen molar-refractivity contribution in [3.63, 3.8) is 0 Å². The van der Waals surface area contributed by atoms with E-state index in [-0.39, 0.29) is 11.8 Å². The van der Waals surface area contributed by atoms with Crippen molar-refractivity contribution in [2.75, 3.05) is 16.8 Å². The van der Waals surface area contributed by atoms with E-state index in [1.807, 2.05) is 53.9 Å². The van der Waals surface area contributed by atoms with Crippen LogP contribution in [0, 0.1) is 5.92 Å². The Morgan fingerprint density at radius 2 is 1.84 bits per heavy atom. The summed E-state index contributed by atoms with van der Waals surface area (Å²) in [6.45, 7) is 4.29. The number of nitrogens with one attached hydrogen (secondary N) is 1. The van der Waals surface area contributed by atoms with E-state index in [0.29, 0.717) is 10.5 Å². The fourth-order valence-corrected chi connectivity index (χ4v) is 6.01. The van der Waals surface area contributed by atoms with E-state index in [2.05, 4.69) is 43.4 Å². The Hall–Kier alpha value is -1.39. The topological polar surface area (TPSA) is 29.1 Å². The molecule has 25 heavy (non-hydrogen) atoms. The van der Waals surface area contributed by atoms with Crippen LogP contribution < -0.4 is 5.32 Å². The first-order chi connectivity index (χ1) is 12.2. The van der Waals surface area contributed by atoms with Crippen molar-refractivity contribution >= 4 is 35.1 Å². The molecule has 1 aliphatic heterocycles. The highest BCUT2D eigenvalue weighted by molar-refractivity contribution is 8.19. The van der Waals surface area contributed by atoms with Gasteiger partial charge in [-0.1, -0.05) is 62.7 Å². The van der Waals surface area contributed by atoms with Crippen LogP contribution in [0.5, 0.6) is 0 Å². The van der Waals surface area contributed by atoms with Gasteiger partial charge in [-0.25, -0.2) is 0 Å². The Balaban J connectivity index is 1.78. The molecule has 2 atom stereocenters. The van der Waals surface area contributed by atoms with Gasteiger partial charge in [0.25, 0.3) is 0 Å². The van der Waals surface area contributed by atoms with Gasteiger partial charge in [0, 0.05) is 17.2 Å². The largest absolute Gasteiger partial charge is 0.326 e. The van der Waals surface area contributed by atoms with Gasteiger partial charge in [0.15, 0.2) is 0 Å². The van der Waals surface area contributed by atoms with Gasteiger partial charge in [0.05, 0.1) is 10.5 Å². The predicted octanol–water partition coefficient (Wildman–Crippen LogP) is 5.93. The molecule has 1 N–H and O–H groups in total. The molecule has 0 aromatic heterocycles. The molecular weight excluding hydrogens is 346 g/mol. The first-order valence-corrected chi connectivity index (χ1v) is 11.0. The van der Waals surface area contributed by atoms with E-state index in [9.17, 15) is 4.79 Å². The predicted molar refractivity (Wildman–Crippen MR) is 111 cm³/mol. The minimum absolute atomic E-state index is 0.0874. The van der Waals surface area contributed by atoms with Crippen LogP contribution >= 0.6 is 23.5 Å². The summed E-state index contributed by atoms with van der Waals surface area (Å²) in [5.41, 5.74) is 3.29. The number of benzene rings is 2. The van der Waals surface area contributed by atoms with Gasteiger partial charge in [0.1, 0.15) is 0 Å². The van der Waals surface area contributed by atoms with Crippen molar-refractivity contribution in [3.05, 3.63) is 65.7 Å². The highest BCUT2D eigenvalue weighted by Gasteiger charge is 2.26. The fourth-order valence-electron chi connectivity index (χ4n) is 3.17. The zero-order valence-corrected chi connectivity index (χ0v) is 16.4. The van der Waals surface area contributed by atoms with Crippen molar-refractivity contribution in [2.45, 2.75) is 30.8 Å². The molecule has 2 nitrogen and oxygen atoms in total. The van der Waals surface area contributed by atoms with Crippen molar-refractivity contribution < 1.29 is 4.79 Å². The lowest BCUT2D eigenvalue weighted by atomic mass is 9.85. The molecule has 132 valence electrons. The number of carbonyl (C=O) groups is 1. The molecule has 0 bridgehead atoms. The summed E-state index contributed by atoms with van der Waals surface area (Å²) in [4.78, 5) is 13.0. The first kappa shape index (κ1) is 18.4. The molecule has 2 aromatic carbocycles. The summed E-state index contributed by atoms with van der Waals surface area (Å²) in [6.07, 6.45) is 0.975. The Kier molecular flexibility index (Phi) is 6.49. The third kappa shape index (κ3) is 4.62. The summed E-state index contributed by atoms with van der Waals surface area (Å²) in [5, 5.41) is 3.16. The Morgan fingerprint density at radius 1 is 1.12 bits per heavy atom. The van der Waals surface area contributed by atoms with E-state index >= 15 is 0 Å². The normalized spacial score (nSPS) is 17.2. The second-order valence-electron chi connectivity index (χ2n) is 6.46. The molecule has 0 aliphatic carbocycles. The lowest BCUT2D eigenvalue weighted by Crippen LogP contribution is -2.26. The molecule has 1 aliphatic rings. The Bertz CT molecular complexity index is 698. The molecule has 1 saturated heterocycles. The van der Waals surface area contributed by atoms with Crippen LogP contribution in [0.3, 0.4) is 0 Å². The minimum atomic E-state index is -0.120.